The first-order chi connectivity index (χ1) is 8.61. The molecular formula is C13H20N4O. The minimum atomic E-state index is -0.514. The quantitative estimate of drug-likeness (QED) is 0.846. The number of carbonyl (C=O) groups excluding carboxylic acids is 1. The van der Waals surface area contributed by atoms with Gasteiger partial charge in [-0.2, -0.15) is 0 Å². The maximum Gasteiger partial charge on any atom is 0.267 e. The molecule has 4 N–H and O–H groups in total. The number of hydrogen-bond donors (Lipinski definition) is 2. The smallest absolute Gasteiger partial charge is 0.267 e. The van der Waals surface area contributed by atoms with Gasteiger partial charge < -0.3 is 16.4 Å². The van der Waals surface area contributed by atoms with Crippen LogP contribution in [0.15, 0.2) is 12.1 Å². The highest BCUT2D eigenvalue weighted by Crippen LogP contribution is 2.27. The Balaban J connectivity index is 2.18. The number of amides is 1. The Morgan fingerprint density at radius 3 is 2.67 bits per heavy atom. The summed E-state index contributed by atoms with van der Waals surface area (Å²) in [5.74, 6) is 0.974. The minimum Gasteiger partial charge on any atom is -0.396 e. The van der Waals surface area contributed by atoms with Crippen molar-refractivity contribution in [1.82, 2.24) is 4.98 Å². The third-order valence-corrected chi connectivity index (χ3v) is 3.65. The second-order valence-electron chi connectivity index (χ2n) is 4.81. The van der Waals surface area contributed by atoms with Gasteiger partial charge >= 0.3 is 0 Å². The maximum atomic E-state index is 11.1. The zero-order valence-electron chi connectivity index (χ0n) is 10.7. The van der Waals surface area contributed by atoms with Gasteiger partial charge in [0.15, 0.2) is 5.82 Å². The molecule has 1 saturated heterocycles. The van der Waals surface area contributed by atoms with Gasteiger partial charge in [-0.05, 0) is 30.9 Å². The third-order valence-electron chi connectivity index (χ3n) is 3.65. The number of pyridine rings is 1. The van der Waals surface area contributed by atoms with E-state index in [2.05, 4.69) is 16.8 Å². The highest BCUT2D eigenvalue weighted by Gasteiger charge is 2.21. The fourth-order valence-electron chi connectivity index (χ4n) is 2.40. The molecule has 0 bridgehead atoms. The molecule has 5 heteroatoms. The van der Waals surface area contributed by atoms with Gasteiger partial charge in [-0.3, -0.25) is 4.79 Å². The number of hydrogen-bond acceptors (Lipinski definition) is 4. The molecule has 0 aliphatic carbocycles. The van der Waals surface area contributed by atoms with Crippen LogP contribution in [0.4, 0.5) is 11.5 Å². The summed E-state index contributed by atoms with van der Waals surface area (Å²) in [5.41, 5.74) is 12.1. The molecule has 1 aliphatic rings. The van der Waals surface area contributed by atoms with E-state index in [1.165, 1.54) is 6.42 Å². The van der Waals surface area contributed by atoms with Gasteiger partial charge in [0, 0.05) is 13.1 Å². The van der Waals surface area contributed by atoms with Crippen LogP contribution < -0.4 is 16.4 Å². The van der Waals surface area contributed by atoms with Crippen LogP contribution >= 0.6 is 0 Å². The fraction of sp³-hybridized carbons (Fsp3) is 0.538. The van der Waals surface area contributed by atoms with E-state index in [1.807, 2.05) is 0 Å². The number of nitrogens with two attached hydrogens (primary N) is 2. The average Bonchev–Trinajstić information content (AvgIpc) is 2.39. The van der Waals surface area contributed by atoms with Crippen LogP contribution in [0.2, 0.25) is 0 Å². The second kappa shape index (κ2) is 5.25. The van der Waals surface area contributed by atoms with Crippen LogP contribution in [0.1, 0.15) is 36.7 Å². The molecule has 5 nitrogen and oxygen atoms in total. The predicted molar refractivity (Wildman–Crippen MR) is 72.4 cm³/mol. The van der Waals surface area contributed by atoms with E-state index in [1.54, 1.807) is 12.1 Å². The van der Waals surface area contributed by atoms with E-state index in [9.17, 15) is 4.79 Å². The van der Waals surface area contributed by atoms with Gasteiger partial charge in [-0.15, -0.1) is 0 Å². The molecule has 0 atom stereocenters. The molecule has 1 fully saturated rings. The summed E-state index contributed by atoms with van der Waals surface area (Å²) >= 11 is 0. The van der Waals surface area contributed by atoms with Gasteiger partial charge in [0.1, 0.15) is 5.69 Å². The summed E-state index contributed by atoms with van der Waals surface area (Å²) in [6, 6.07) is 3.27. The monoisotopic (exact) mass is 248 g/mol. The van der Waals surface area contributed by atoms with Crippen molar-refractivity contribution in [3.05, 3.63) is 17.8 Å². The lowest BCUT2D eigenvalue weighted by Crippen LogP contribution is -2.35. The predicted octanol–water partition coefficient (Wildman–Crippen LogP) is 1.39. The van der Waals surface area contributed by atoms with Crippen LogP contribution in [0.25, 0.3) is 0 Å². The summed E-state index contributed by atoms with van der Waals surface area (Å²) < 4.78 is 0. The second-order valence-corrected chi connectivity index (χ2v) is 4.81. The molecule has 0 aromatic carbocycles. The molecule has 0 spiro atoms. The number of carbonyl (C=O) groups is 1. The molecule has 1 amide bonds. The molecule has 0 saturated carbocycles. The van der Waals surface area contributed by atoms with Crippen LogP contribution in [-0.4, -0.2) is 24.0 Å². The number of primary amides is 1. The molecule has 0 radical (unpaired) electrons. The van der Waals surface area contributed by atoms with Crippen molar-refractivity contribution in [2.24, 2.45) is 11.7 Å². The van der Waals surface area contributed by atoms with Crippen LogP contribution in [0, 0.1) is 5.92 Å². The van der Waals surface area contributed by atoms with Gasteiger partial charge in [-0.1, -0.05) is 13.3 Å². The Labute approximate surface area is 107 Å². The molecule has 98 valence electrons. The molecular weight excluding hydrogens is 228 g/mol. The Bertz CT molecular complexity index is 439. The van der Waals surface area contributed by atoms with E-state index in [0.29, 0.717) is 11.5 Å². The minimum absolute atomic E-state index is 0.275. The highest BCUT2D eigenvalue weighted by molar-refractivity contribution is 5.91. The third kappa shape index (κ3) is 2.55. The standard InChI is InChI=1S/C13H20N4O/c1-2-9-5-7-17(8-6-9)13-10(14)3-4-11(16-13)12(15)18/h3-4,9H,2,5-8,14H2,1H3,(H2,15,18). The summed E-state index contributed by atoms with van der Waals surface area (Å²) in [7, 11) is 0. The summed E-state index contributed by atoms with van der Waals surface area (Å²) in [4.78, 5) is 17.6. The first-order valence-electron chi connectivity index (χ1n) is 6.43. The number of rotatable bonds is 3. The van der Waals surface area contributed by atoms with Crippen molar-refractivity contribution < 1.29 is 4.79 Å². The molecule has 1 aromatic rings. The fourth-order valence-corrected chi connectivity index (χ4v) is 2.40. The van der Waals surface area contributed by atoms with Crippen molar-refractivity contribution >= 4 is 17.4 Å². The van der Waals surface area contributed by atoms with E-state index in [0.717, 1.165) is 31.8 Å². The topological polar surface area (TPSA) is 85.2 Å². The van der Waals surface area contributed by atoms with E-state index in [-0.39, 0.29) is 5.69 Å². The summed E-state index contributed by atoms with van der Waals surface area (Å²) in [5, 5.41) is 0. The van der Waals surface area contributed by atoms with Crippen LogP contribution in [-0.2, 0) is 0 Å². The number of nitrogen functional groups attached to an aromatic ring is 1. The molecule has 1 aromatic heterocycles. The molecule has 2 heterocycles. The SMILES string of the molecule is CCC1CCN(c2nc(C(N)=O)ccc2N)CC1. The van der Waals surface area contributed by atoms with E-state index >= 15 is 0 Å². The Hall–Kier alpha value is -1.78. The zero-order chi connectivity index (χ0) is 13.1. The van der Waals surface area contributed by atoms with Crippen molar-refractivity contribution in [2.75, 3.05) is 23.7 Å². The number of aromatic nitrogens is 1. The first kappa shape index (κ1) is 12.7. The average molecular weight is 248 g/mol. The van der Waals surface area contributed by atoms with Gasteiger partial charge in [0.2, 0.25) is 0 Å². The van der Waals surface area contributed by atoms with Gasteiger partial charge in [0.25, 0.3) is 5.91 Å². The number of anilines is 2. The van der Waals surface area contributed by atoms with Crippen LogP contribution in [0.5, 0.6) is 0 Å². The Kier molecular flexibility index (Phi) is 3.69. The van der Waals surface area contributed by atoms with Crippen molar-refractivity contribution in [1.29, 1.82) is 0 Å². The van der Waals surface area contributed by atoms with E-state index in [4.69, 9.17) is 11.5 Å². The van der Waals surface area contributed by atoms with Crippen LogP contribution in [0.3, 0.4) is 0 Å². The number of nitrogens with zero attached hydrogens (tertiary/aromatic N) is 2. The van der Waals surface area contributed by atoms with Gasteiger partial charge in [0.05, 0.1) is 5.69 Å². The van der Waals surface area contributed by atoms with Gasteiger partial charge in [-0.25, -0.2) is 4.98 Å². The molecule has 1 aliphatic heterocycles. The zero-order valence-corrected chi connectivity index (χ0v) is 10.7. The Morgan fingerprint density at radius 2 is 2.11 bits per heavy atom. The molecule has 0 unspecified atom stereocenters. The first-order valence-corrected chi connectivity index (χ1v) is 6.43. The summed E-state index contributed by atoms with van der Waals surface area (Å²) in [6.07, 6.45) is 3.52. The Morgan fingerprint density at radius 1 is 1.44 bits per heavy atom. The summed E-state index contributed by atoms with van der Waals surface area (Å²) in [6.45, 7) is 4.11. The lowest BCUT2D eigenvalue weighted by Gasteiger charge is -2.33. The lowest BCUT2D eigenvalue weighted by atomic mass is 9.94. The van der Waals surface area contributed by atoms with Crippen molar-refractivity contribution in [2.45, 2.75) is 26.2 Å². The van der Waals surface area contributed by atoms with Crippen molar-refractivity contribution in [3.8, 4) is 0 Å². The molecule has 18 heavy (non-hydrogen) atoms. The lowest BCUT2D eigenvalue weighted by molar-refractivity contribution is 0.0995. The van der Waals surface area contributed by atoms with Crippen molar-refractivity contribution in [3.63, 3.8) is 0 Å². The highest BCUT2D eigenvalue weighted by atomic mass is 16.1. The largest absolute Gasteiger partial charge is 0.396 e. The van der Waals surface area contributed by atoms with E-state index < -0.39 is 5.91 Å². The maximum absolute atomic E-state index is 11.1. The normalized spacial score (nSPS) is 16.8. The number of piperidine rings is 1. The molecule has 2 rings (SSSR count).